The maximum atomic E-state index is 11.0. The van der Waals surface area contributed by atoms with E-state index in [9.17, 15) is 4.79 Å². The largest absolute Gasteiger partial charge is 0.354 e. The molecule has 0 aliphatic heterocycles. The summed E-state index contributed by atoms with van der Waals surface area (Å²) in [6.07, 6.45) is 0.862. The average Bonchev–Trinajstić information content (AvgIpc) is 2.28. The lowest BCUT2D eigenvalue weighted by molar-refractivity contribution is -0.119. The molecule has 2 aromatic rings. The molecule has 0 spiro atoms. The number of carbonyl (C=O) groups excluding carboxylic acids is 1. The lowest BCUT2D eigenvalue weighted by Crippen LogP contribution is -2.32. The Morgan fingerprint density at radius 2 is 1.88 bits per heavy atom. The van der Waals surface area contributed by atoms with Crippen molar-refractivity contribution < 1.29 is 4.79 Å². The van der Waals surface area contributed by atoms with Crippen molar-refractivity contribution in [2.45, 2.75) is 26.3 Å². The first-order valence-corrected chi connectivity index (χ1v) is 5.90. The molecular weight excluding hydrogens is 210 g/mol. The van der Waals surface area contributed by atoms with Crippen LogP contribution < -0.4 is 5.32 Å². The standard InChI is InChI=1S/C15H17NO/c1-11(16-12(2)17)10-14-8-5-7-13-6-3-4-9-15(13)14/h3-9,11H,10H2,1-2H3,(H,16,17). The van der Waals surface area contributed by atoms with E-state index in [1.54, 1.807) is 6.92 Å². The van der Waals surface area contributed by atoms with E-state index in [2.05, 4.69) is 41.7 Å². The van der Waals surface area contributed by atoms with E-state index in [-0.39, 0.29) is 11.9 Å². The van der Waals surface area contributed by atoms with Gasteiger partial charge in [0.05, 0.1) is 0 Å². The van der Waals surface area contributed by atoms with Crippen LogP contribution in [0.15, 0.2) is 42.5 Å². The monoisotopic (exact) mass is 227 g/mol. The molecule has 0 fully saturated rings. The SMILES string of the molecule is CC(=O)NC(C)Cc1cccc2ccccc12. The first kappa shape index (κ1) is 11.6. The van der Waals surface area contributed by atoms with Crippen molar-refractivity contribution in [1.29, 1.82) is 0 Å². The van der Waals surface area contributed by atoms with Crippen LogP contribution in [0.4, 0.5) is 0 Å². The molecule has 0 bridgehead atoms. The quantitative estimate of drug-likeness (QED) is 0.858. The molecule has 0 saturated heterocycles. The number of carbonyl (C=O) groups is 1. The zero-order valence-electron chi connectivity index (χ0n) is 10.2. The van der Waals surface area contributed by atoms with Crippen LogP contribution in [0.1, 0.15) is 19.4 Å². The number of hydrogen-bond donors (Lipinski definition) is 1. The molecule has 0 saturated carbocycles. The van der Waals surface area contributed by atoms with Crippen LogP contribution in [0, 0.1) is 0 Å². The van der Waals surface area contributed by atoms with Gasteiger partial charge in [0, 0.05) is 13.0 Å². The molecule has 1 N–H and O–H groups in total. The second-order valence-corrected chi connectivity index (χ2v) is 4.44. The van der Waals surface area contributed by atoms with Crippen molar-refractivity contribution in [2.24, 2.45) is 0 Å². The summed E-state index contributed by atoms with van der Waals surface area (Å²) in [5.41, 5.74) is 1.28. The van der Waals surface area contributed by atoms with Crippen molar-refractivity contribution in [3.8, 4) is 0 Å². The van der Waals surface area contributed by atoms with Crippen LogP contribution in [-0.2, 0) is 11.2 Å². The van der Waals surface area contributed by atoms with E-state index < -0.39 is 0 Å². The zero-order valence-corrected chi connectivity index (χ0v) is 10.2. The molecule has 0 aromatic heterocycles. The van der Waals surface area contributed by atoms with Gasteiger partial charge in [-0.1, -0.05) is 42.5 Å². The molecule has 0 radical (unpaired) electrons. The summed E-state index contributed by atoms with van der Waals surface area (Å²) < 4.78 is 0. The second kappa shape index (κ2) is 5.00. The third-order valence-corrected chi connectivity index (χ3v) is 2.86. The normalized spacial score (nSPS) is 12.4. The van der Waals surface area contributed by atoms with Crippen molar-refractivity contribution in [1.82, 2.24) is 5.32 Å². The van der Waals surface area contributed by atoms with Gasteiger partial charge in [-0.25, -0.2) is 0 Å². The molecular formula is C15H17NO. The Morgan fingerprint density at radius 1 is 1.18 bits per heavy atom. The van der Waals surface area contributed by atoms with Crippen LogP contribution in [0.5, 0.6) is 0 Å². The van der Waals surface area contributed by atoms with E-state index in [1.165, 1.54) is 16.3 Å². The molecule has 88 valence electrons. The molecule has 2 heteroatoms. The average molecular weight is 227 g/mol. The summed E-state index contributed by atoms with van der Waals surface area (Å²) in [4.78, 5) is 11.0. The Kier molecular flexibility index (Phi) is 3.43. The summed E-state index contributed by atoms with van der Waals surface area (Å²) in [6, 6.07) is 14.8. The number of benzene rings is 2. The maximum absolute atomic E-state index is 11.0. The summed E-state index contributed by atoms with van der Waals surface area (Å²) in [7, 11) is 0. The lowest BCUT2D eigenvalue weighted by atomic mass is 9.99. The Morgan fingerprint density at radius 3 is 2.65 bits per heavy atom. The molecule has 2 rings (SSSR count). The fourth-order valence-electron chi connectivity index (χ4n) is 2.20. The highest BCUT2D eigenvalue weighted by molar-refractivity contribution is 5.85. The van der Waals surface area contributed by atoms with Gasteiger partial charge in [-0.15, -0.1) is 0 Å². The van der Waals surface area contributed by atoms with Crippen LogP contribution in [0.25, 0.3) is 10.8 Å². The van der Waals surface area contributed by atoms with Gasteiger partial charge in [-0.3, -0.25) is 4.79 Å². The molecule has 0 aliphatic rings. The first-order valence-electron chi connectivity index (χ1n) is 5.90. The lowest BCUT2D eigenvalue weighted by Gasteiger charge is -2.14. The third-order valence-electron chi connectivity index (χ3n) is 2.86. The van der Waals surface area contributed by atoms with Gasteiger partial charge >= 0.3 is 0 Å². The van der Waals surface area contributed by atoms with Crippen molar-refractivity contribution in [3.05, 3.63) is 48.0 Å². The van der Waals surface area contributed by atoms with E-state index >= 15 is 0 Å². The van der Waals surface area contributed by atoms with Crippen molar-refractivity contribution in [2.75, 3.05) is 0 Å². The highest BCUT2D eigenvalue weighted by Gasteiger charge is 2.07. The minimum Gasteiger partial charge on any atom is -0.354 e. The molecule has 2 aromatic carbocycles. The molecule has 1 atom stereocenters. The van der Waals surface area contributed by atoms with Gasteiger partial charge in [-0.2, -0.15) is 0 Å². The predicted octanol–water partition coefficient (Wildman–Crippen LogP) is 2.91. The Labute approximate surface area is 102 Å². The minimum absolute atomic E-state index is 0.0257. The first-order chi connectivity index (χ1) is 8.16. The summed E-state index contributed by atoms with van der Waals surface area (Å²) >= 11 is 0. The number of hydrogen-bond acceptors (Lipinski definition) is 1. The van der Waals surface area contributed by atoms with Gasteiger partial charge in [0.1, 0.15) is 0 Å². The van der Waals surface area contributed by atoms with Gasteiger partial charge in [-0.05, 0) is 29.7 Å². The molecule has 17 heavy (non-hydrogen) atoms. The second-order valence-electron chi connectivity index (χ2n) is 4.44. The van der Waals surface area contributed by atoms with Gasteiger partial charge in [0.2, 0.25) is 5.91 Å². The molecule has 0 heterocycles. The van der Waals surface area contributed by atoms with Crippen LogP contribution in [-0.4, -0.2) is 11.9 Å². The highest BCUT2D eigenvalue weighted by atomic mass is 16.1. The summed E-state index contributed by atoms with van der Waals surface area (Å²) in [5, 5.41) is 5.44. The fourth-order valence-corrected chi connectivity index (χ4v) is 2.20. The number of fused-ring (bicyclic) bond motifs is 1. The maximum Gasteiger partial charge on any atom is 0.217 e. The van der Waals surface area contributed by atoms with Gasteiger partial charge < -0.3 is 5.32 Å². The van der Waals surface area contributed by atoms with E-state index in [1.807, 2.05) is 13.0 Å². The number of nitrogens with one attached hydrogen (secondary N) is 1. The minimum atomic E-state index is 0.0257. The smallest absolute Gasteiger partial charge is 0.217 e. The Hall–Kier alpha value is -1.83. The zero-order chi connectivity index (χ0) is 12.3. The van der Waals surface area contributed by atoms with Crippen LogP contribution in [0.2, 0.25) is 0 Å². The Bertz CT molecular complexity index is 528. The van der Waals surface area contributed by atoms with E-state index in [4.69, 9.17) is 0 Å². The number of amides is 1. The Balaban J connectivity index is 2.26. The van der Waals surface area contributed by atoms with Crippen molar-refractivity contribution >= 4 is 16.7 Å². The highest BCUT2D eigenvalue weighted by Crippen LogP contribution is 2.19. The van der Waals surface area contributed by atoms with E-state index in [0.29, 0.717) is 0 Å². The van der Waals surface area contributed by atoms with E-state index in [0.717, 1.165) is 6.42 Å². The van der Waals surface area contributed by atoms with Gasteiger partial charge in [0.25, 0.3) is 0 Å². The van der Waals surface area contributed by atoms with Crippen molar-refractivity contribution in [3.63, 3.8) is 0 Å². The summed E-state index contributed by atoms with van der Waals surface area (Å²) in [5.74, 6) is 0.0257. The fraction of sp³-hybridized carbons (Fsp3) is 0.267. The predicted molar refractivity (Wildman–Crippen MR) is 70.9 cm³/mol. The summed E-state index contributed by atoms with van der Waals surface area (Å²) in [6.45, 7) is 3.59. The van der Waals surface area contributed by atoms with Crippen LogP contribution >= 0.6 is 0 Å². The molecule has 0 aliphatic carbocycles. The van der Waals surface area contributed by atoms with Crippen LogP contribution in [0.3, 0.4) is 0 Å². The number of rotatable bonds is 3. The third kappa shape index (κ3) is 2.84. The molecule has 1 amide bonds. The van der Waals surface area contributed by atoms with Gasteiger partial charge in [0.15, 0.2) is 0 Å². The topological polar surface area (TPSA) is 29.1 Å². The molecule has 2 nitrogen and oxygen atoms in total. The molecule has 1 unspecified atom stereocenters.